The molecule has 1 aliphatic carbocycles. The molecule has 3 saturated heterocycles. The Balaban J connectivity index is 0.734. The van der Waals surface area contributed by atoms with Crippen LogP contribution in [-0.2, 0) is 27.3 Å². The Labute approximate surface area is 335 Å². The average molecular weight is 785 g/mol. The molecule has 6 aliphatic rings. The number of nitrogens with one attached hydrogen (secondary N) is 2. The molecule has 4 amide bonds. The van der Waals surface area contributed by atoms with E-state index in [-0.39, 0.29) is 47.9 Å². The van der Waals surface area contributed by atoms with Crippen LogP contribution in [0.4, 0.5) is 15.9 Å². The summed E-state index contributed by atoms with van der Waals surface area (Å²) in [6, 6.07) is 28.2. The van der Waals surface area contributed by atoms with E-state index < -0.39 is 11.9 Å². The van der Waals surface area contributed by atoms with Crippen LogP contribution in [-0.4, -0.2) is 102 Å². The zero-order valence-corrected chi connectivity index (χ0v) is 32.1. The van der Waals surface area contributed by atoms with E-state index in [1.165, 1.54) is 16.7 Å². The number of benzene rings is 4. The summed E-state index contributed by atoms with van der Waals surface area (Å²) >= 11 is 0. The van der Waals surface area contributed by atoms with Gasteiger partial charge in [-0.05, 0) is 89.4 Å². The fourth-order valence-electron chi connectivity index (χ4n) is 10.1. The summed E-state index contributed by atoms with van der Waals surface area (Å²) in [5.74, 6) is 0.476. The second-order valence-corrected chi connectivity index (χ2v) is 16.5. The molecule has 0 radical (unpaired) electrons. The first kappa shape index (κ1) is 36.4. The number of imide groups is 1. The van der Waals surface area contributed by atoms with Crippen LogP contribution in [0.5, 0.6) is 11.5 Å². The Kier molecular flexibility index (Phi) is 9.27. The topological polar surface area (TPSA) is 124 Å². The third-order valence-electron chi connectivity index (χ3n) is 13.0. The van der Waals surface area contributed by atoms with E-state index in [1.54, 1.807) is 17.0 Å². The molecule has 5 heterocycles. The zero-order chi connectivity index (χ0) is 39.5. The van der Waals surface area contributed by atoms with Crippen molar-refractivity contribution in [2.24, 2.45) is 0 Å². The number of carbonyl (C=O) groups excluding carboxylic acids is 4. The lowest BCUT2D eigenvalue weighted by atomic mass is 9.69. The van der Waals surface area contributed by atoms with Crippen LogP contribution < -0.4 is 25.2 Å². The van der Waals surface area contributed by atoms with Crippen LogP contribution in [0.1, 0.15) is 69.3 Å². The average Bonchev–Trinajstić information content (AvgIpc) is 3.55. The lowest BCUT2D eigenvalue weighted by Gasteiger charge is -2.46. The molecule has 3 fully saturated rings. The molecule has 0 bridgehead atoms. The number of hydrogen-bond donors (Lipinski definition) is 2. The van der Waals surface area contributed by atoms with Crippen LogP contribution in [0.3, 0.4) is 0 Å². The van der Waals surface area contributed by atoms with E-state index in [4.69, 9.17) is 4.74 Å². The Morgan fingerprint density at radius 2 is 1.69 bits per heavy atom. The van der Waals surface area contributed by atoms with Gasteiger partial charge in [-0.15, -0.1) is 0 Å². The Hall–Kier alpha value is -5.95. The molecular formula is C45H45FN6O6. The second-order valence-electron chi connectivity index (χ2n) is 16.5. The molecule has 58 heavy (non-hydrogen) atoms. The van der Waals surface area contributed by atoms with Crippen LogP contribution in [0.15, 0.2) is 84.9 Å². The van der Waals surface area contributed by atoms with E-state index in [2.05, 4.69) is 73.9 Å². The van der Waals surface area contributed by atoms with Crippen LogP contribution in [0, 0.1) is 0 Å². The number of ether oxygens (including phenoxy) is 1. The molecular weight excluding hydrogens is 740 g/mol. The molecule has 0 aromatic heterocycles. The largest absolute Gasteiger partial charge is 0.489 e. The number of halogens is 1. The van der Waals surface area contributed by atoms with Gasteiger partial charge in [0.25, 0.3) is 5.91 Å². The summed E-state index contributed by atoms with van der Waals surface area (Å²) in [5.41, 5.74) is 8.18. The maximum Gasteiger partial charge on any atom is 0.255 e. The predicted octanol–water partition coefficient (Wildman–Crippen LogP) is 4.78. The zero-order valence-electron chi connectivity index (χ0n) is 32.1. The third-order valence-corrected chi connectivity index (χ3v) is 13.0. The molecule has 10 rings (SSSR count). The predicted molar refractivity (Wildman–Crippen MR) is 214 cm³/mol. The minimum absolute atomic E-state index is 0.00735. The van der Waals surface area contributed by atoms with Crippen molar-refractivity contribution >= 4 is 35.0 Å². The minimum Gasteiger partial charge on any atom is -0.489 e. The molecule has 4 aromatic carbocycles. The molecule has 13 heteroatoms. The molecule has 12 nitrogen and oxygen atoms in total. The Morgan fingerprint density at radius 1 is 0.862 bits per heavy atom. The summed E-state index contributed by atoms with van der Waals surface area (Å²) in [7, 11) is 0. The number of nitrogens with zero attached hydrogens (tertiary/aromatic N) is 4. The van der Waals surface area contributed by atoms with Crippen molar-refractivity contribution in [3.63, 3.8) is 0 Å². The highest BCUT2D eigenvalue weighted by atomic mass is 19.3. The minimum atomic E-state index is -0.668. The van der Waals surface area contributed by atoms with Crippen molar-refractivity contribution in [3.05, 3.63) is 118 Å². The monoisotopic (exact) mass is 784 g/mol. The van der Waals surface area contributed by atoms with E-state index >= 15 is 0 Å². The van der Waals surface area contributed by atoms with E-state index in [0.717, 1.165) is 48.4 Å². The maximum atomic E-state index is 13.5. The summed E-state index contributed by atoms with van der Waals surface area (Å²) in [4.78, 5) is 63.1. The highest BCUT2D eigenvalue weighted by molar-refractivity contribution is 6.06. The number of anilines is 2. The van der Waals surface area contributed by atoms with Gasteiger partial charge in [-0.3, -0.25) is 34.3 Å². The van der Waals surface area contributed by atoms with Crippen molar-refractivity contribution in [1.82, 2.24) is 20.0 Å². The van der Waals surface area contributed by atoms with Crippen molar-refractivity contribution in [3.8, 4) is 11.5 Å². The number of fused-ring (bicyclic) bond motifs is 5. The van der Waals surface area contributed by atoms with Gasteiger partial charge in [0, 0.05) is 67.4 Å². The van der Waals surface area contributed by atoms with E-state index in [0.29, 0.717) is 63.0 Å². The van der Waals surface area contributed by atoms with Crippen LogP contribution >= 0.6 is 0 Å². The standard InChI is InChI=1S/C45H45FN6O6/c46-58-34-11-13-36-29(18-34)8-12-35(27-4-2-1-3-5-27)43(36)28-6-9-31(10-7-28)47-32-22-49(23-32)25-42(54)50-16-17-51-33(24-50)26-57-40-20-37-30(19-39(40)51)21-52(45(37)56)38-14-15-41(53)48-44(38)55/h1-7,9-11,13,18-20,32-33,35,38,43,47H,8,12,14-17,21-26H2,(H,48,53,55)/t33-,35+,38?,43-/m0/s1. The van der Waals surface area contributed by atoms with Gasteiger partial charge in [0.05, 0.1) is 24.3 Å². The summed E-state index contributed by atoms with van der Waals surface area (Å²) < 4.78 is 19.2. The van der Waals surface area contributed by atoms with Gasteiger partial charge < -0.3 is 24.8 Å². The maximum absolute atomic E-state index is 13.5. The Bertz CT molecular complexity index is 2280. The SMILES string of the molecule is O=C1CCC(N2Cc3cc4c(cc3C2=O)OC[C@@H]2CN(C(=O)CN3CC(Nc5ccc([C@@H]6c7ccc(OF)cc7CC[C@@H]6c6ccccc6)cc5)C3)CCN42)C(=O)N1. The van der Waals surface area contributed by atoms with Crippen LogP contribution in [0.25, 0.3) is 0 Å². The molecule has 4 atom stereocenters. The third kappa shape index (κ3) is 6.60. The fraction of sp³-hybridized carbons (Fsp3) is 0.378. The highest BCUT2D eigenvalue weighted by Crippen LogP contribution is 2.47. The molecule has 2 N–H and O–H groups in total. The van der Waals surface area contributed by atoms with Crippen molar-refractivity contribution in [1.29, 1.82) is 0 Å². The normalized spacial score (nSPS) is 24.2. The van der Waals surface area contributed by atoms with Crippen molar-refractivity contribution in [2.75, 3.05) is 56.1 Å². The molecule has 298 valence electrons. The van der Waals surface area contributed by atoms with Crippen molar-refractivity contribution < 1.29 is 33.4 Å². The first-order valence-corrected chi connectivity index (χ1v) is 20.3. The molecule has 0 spiro atoms. The lowest BCUT2D eigenvalue weighted by Crippen LogP contribution is -2.61. The van der Waals surface area contributed by atoms with Gasteiger partial charge in [0.1, 0.15) is 18.4 Å². The first-order chi connectivity index (χ1) is 28.3. The number of rotatable bonds is 8. The summed E-state index contributed by atoms with van der Waals surface area (Å²) in [6.45, 7) is 4.43. The first-order valence-electron chi connectivity index (χ1n) is 20.3. The fourth-order valence-corrected chi connectivity index (χ4v) is 10.1. The smallest absolute Gasteiger partial charge is 0.255 e. The van der Waals surface area contributed by atoms with Gasteiger partial charge in [-0.2, -0.15) is 0 Å². The number of likely N-dealkylation sites (tertiary alicyclic amines) is 1. The van der Waals surface area contributed by atoms with Gasteiger partial charge in [0.15, 0.2) is 5.75 Å². The highest BCUT2D eigenvalue weighted by Gasteiger charge is 2.42. The molecule has 1 unspecified atom stereocenters. The van der Waals surface area contributed by atoms with Gasteiger partial charge in [0.2, 0.25) is 17.7 Å². The number of piperidine rings is 1. The number of piperazine rings is 1. The number of hydrogen-bond acceptors (Lipinski definition) is 9. The number of carbonyl (C=O) groups is 4. The Morgan fingerprint density at radius 3 is 2.48 bits per heavy atom. The quantitative estimate of drug-likeness (QED) is 0.243. The lowest BCUT2D eigenvalue weighted by molar-refractivity contribution is -0.137. The molecule has 5 aliphatic heterocycles. The van der Waals surface area contributed by atoms with E-state index in [1.807, 2.05) is 29.2 Å². The summed E-state index contributed by atoms with van der Waals surface area (Å²) in [6.07, 6.45) is 2.36. The van der Waals surface area contributed by atoms with Gasteiger partial charge in [-0.25, -0.2) is 0 Å². The summed E-state index contributed by atoms with van der Waals surface area (Å²) in [5, 5.41) is 6.01. The van der Waals surface area contributed by atoms with Crippen molar-refractivity contribution in [2.45, 2.75) is 62.2 Å². The molecule has 0 saturated carbocycles. The van der Waals surface area contributed by atoms with Crippen LogP contribution in [0.2, 0.25) is 0 Å². The van der Waals surface area contributed by atoms with Gasteiger partial charge in [-0.1, -0.05) is 48.5 Å². The molecule has 4 aromatic rings. The van der Waals surface area contributed by atoms with Gasteiger partial charge >= 0.3 is 0 Å². The number of amides is 4. The number of aryl methyl sites for hydroxylation is 1. The second kappa shape index (κ2) is 14.8. The van der Waals surface area contributed by atoms with E-state index in [9.17, 15) is 23.7 Å².